The van der Waals surface area contributed by atoms with Crippen LogP contribution in [0.5, 0.6) is 0 Å². The number of nitrogens with one attached hydrogen (secondary N) is 1. The Morgan fingerprint density at radius 3 is 2.59 bits per heavy atom. The molecule has 7 nitrogen and oxygen atoms in total. The van der Waals surface area contributed by atoms with Crippen LogP contribution < -0.4 is 10.2 Å². The smallest absolute Gasteiger partial charge is 0.310 e. The lowest BCUT2D eigenvalue weighted by Crippen LogP contribution is -2.46. The summed E-state index contributed by atoms with van der Waals surface area (Å²) in [5.74, 6) is 0.990. The summed E-state index contributed by atoms with van der Waals surface area (Å²) in [6.45, 7) is 12.3. The Morgan fingerprint density at radius 1 is 1.19 bits per heavy atom. The number of anilines is 1. The van der Waals surface area contributed by atoms with Crippen molar-refractivity contribution >= 4 is 41.6 Å². The quantitative estimate of drug-likeness (QED) is 0.183. The third kappa shape index (κ3) is 7.23. The molecular weight excluding hydrogens is 517 g/mol. The average molecular weight is 558 g/mol. The van der Waals surface area contributed by atoms with E-state index in [1.54, 1.807) is 0 Å². The van der Waals surface area contributed by atoms with Crippen LogP contribution in [0.4, 0.5) is 5.69 Å². The standard InChI is InChI=1S/C24H39N5O2.HI/c1-19-8-7-9-21(16-19)28-14-12-27(13-15-28)11-6-5-10-26-24(25-3)29-17-20(2)22(18-29)23(30)31-4;/h7-9,16,20,22H,5-6,10-15,17-18H2,1-4H3,(H,25,26);1H. The Morgan fingerprint density at radius 2 is 1.94 bits per heavy atom. The molecule has 2 unspecified atom stereocenters. The molecule has 2 fully saturated rings. The van der Waals surface area contributed by atoms with E-state index in [1.807, 2.05) is 7.05 Å². The van der Waals surface area contributed by atoms with Crippen molar-refractivity contribution in [3.8, 4) is 0 Å². The van der Waals surface area contributed by atoms with Crippen LogP contribution in [0.2, 0.25) is 0 Å². The van der Waals surface area contributed by atoms with E-state index in [0.29, 0.717) is 6.54 Å². The molecule has 2 aliphatic heterocycles. The molecule has 180 valence electrons. The van der Waals surface area contributed by atoms with Gasteiger partial charge in [0.05, 0.1) is 13.0 Å². The summed E-state index contributed by atoms with van der Waals surface area (Å²) in [5, 5.41) is 3.48. The maximum absolute atomic E-state index is 11.9. The lowest BCUT2D eigenvalue weighted by atomic mass is 9.99. The predicted molar refractivity (Wildman–Crippen MR) is 142 cm³/mol. The second-order valence-corrected chi connectivity index (χ2v) is 8.86. The molecule has 2 atom stereocenters. The molecule has 3 rings (SSSR count). The highest BCUT2D eigenvalue weighted by Gasteiger charge is 2.36. The van der Waals surface area contributed by atoms with Gasteiger partial charge in [-0.1, -0.05) is 19.1 Å². The van der Waals surface area contributed by atoms with Gasteiger partial charge in [-0.3, -0.25) is 14.7 Å². The van der Waals surface area contributed by atoms with Gasteiger partial charge in [-0.25, -0.2) is 0 Å². The first-order valence-electron chi connectivity index (χ1n) is 11.6. The molecule has 0 aromatic heterocycles. The molecule has 0 amide bonds. The van der Waals surface area contributed by atoms with Gasteiger partial charge in [0.25, 0.3) is 0 Å². The first-order valence-corrected chi connectivity index (χ1v) is 11.6. The van der Waals surface area contributed by atoms with Crippen LogP contribution in [0.25, 0.3) is 0 Å². The fraction of sp³-hybridized carbons (Fsp3) is 0.667. The van der Waals surface area contributed by atoms with E-state index in [1.165, 1.54) is 24.8 Å². The van der Waals surface area contributed by atoms with Gasteiger partial charge in [0.1, 0.15) is 0 Å². The number of nitrogens with zero attached hydrogens (tertiary/aromatic N) is 4. The van der Waals surface area contributed by atoms with Crippen molar-refractivity contribution in [3.63, 3.8) is 0 Å². The molecule has 0 aliphatic carbocycles. The fourth-order valence-corrected chi connectivity index (χ4v) is 4.65. The molecule has 2 heterocycles. The zero-order valence-electron chi connectivity index (χ0n) is 20.0. The minimum absolute atomic E-state index is 0. The number of carbonyl (C=O) groups is 1. The average Bonchev–Trinajstić information content (AvgIpc) is 3.17. The SMILES string of the molecule is CN=C(NCCCCN1CCN(c2cccc(C)c2)CC1)N1CC(C)C(C(=O)OC)C1.I. The second kappa shape index (κ2) is 13.2. The van der Waals surface area contributed by atoms with Crippen LogP contribution in [0.15, 0.2) is 29.3 Å². The summed E-state index contributed by atoms with van der Waals surface area (Å²) in [5.41, 5.74) is 2.67. The fourth-order valence-electron chi connectivity index (χ4n) is 4.65. The monoisotopic (exact) mass is 557 g/mol. The number of rotatable bonds is 7. The topological polar surface area (TPSA) is 60.4 Å². The summed E-state index contributed by atoms with van der Waals surface area (Å²) in [4.78, 5) is 23.6. The highest BCUT2D eigenvalue weighted by atomic mass is 127. The van der Waals surface area contributed by atoms with Gasteiger partial charge in [0, 0.05) is 58.5 Å². The van der Waals surface area contributed by atoms with Gasteiger partial charge in [-0.05, 0) is 49.9 Å². The number of halogens is 1. The number of esters is 1. The molecule has 2 aliphatic rings. The largest absolute Gasteiger partial charge is 0.469 e. The van der Waals surface area contributed by atoms with E-state index in [4.69, 9.17) is 4.74 Å². The Bertz CT molecular complexity index is 752. The van der Waals surface area contributed by atoms with E-state index in [0.717, 1.165) is 58.2 Å². The van der Waals surface area contributed by atoms with Crippen LogP contribution >= 0.6 is 24.0 Å². The molecular formula is C24H40IN5O2. The predicted octanol–water partition coefficient (Wildman–Crippen LogP) is 2.83. The van der Waals surface area contributed by atoms with Crippen LogP contribution in [-0.4, -0.2) is 88.2 Å². The molecule has 0 saturated carbocycles. The first-order chi connectivity index (χ1) is 15.0. The number of hydrogen-bond acceptors (Lipinski definition) is 5. The number of aryl methyl sites for hydroxylation is 1. The number of piperazine rings is 1. The summed E-state index contributed by atoms with van der Waals surface area (Å²) >= 11 is 0. The van der Waals surface area contributed by atoms with E-state index in [-0.39, 0.29) is 41.8 Å². The molecule has 1 N–H and O–H groups in total. The molecule has 1 aromatic rings. The van der Waals surface area contributed by atoms with Crippen molar-refractivity contribution in [3.05, 3.63) is 29.8 Å². The number of carbonyl (C=O) groups excluding carboxylic acids is 1. The maximum Gasteiger partial charge on any atom is 0.310 e. The number of guanidine groups is 1. The summed E-state index contributed by atoms with van der Waals surface area (Å²) < 4.78 is 4.94. The van der Waals surface area contributed by atoms with E-state index in [9.17, 15) is 4.79 Å². The van der Waals surface area contributed by atoms with Gasteiger partial charge in [-0.2, -0.15) is 0 Å². The van der Waals surface area contributed by atoms with Crippen molar-refractivity contribution in [2.24, 2.45) is 16.8 Å². The van der Waals surface area contributed by atoms with Crippen LogP contribution in [-0.2, 0) is 9.53 Å². The molecule has 0 bridgehead atoms. The Labute approximate surface area is 210 Å². The van der Waals surface area contributed by atoms with Gasteiger partial charge in [0.15, 0.2) is 5.96 Å². The number of unbranched alkanes of at least 4 members (excludes halogenated alkanes) is 1. The first kappa shape index (κ1) is 26.7. The minimum Gasteiger partial charge on any atom is -0.469 e. The summed E-state index contributed by atoms with van der Waals surface area (Å²) in [6, 6.07) is 8.80. The van der Waals surface area contributed by atoms with Gasteiger partial charge >= 0.3 is 5.97 Å². The number of likely N-dealkylation sites (tertiary alicyclic amines) is 1. The third-order valence-corrected chi connectivity index (χ3v) is 6.55. The Hall–Kier alpha value is -1.55. The highest BCUT2D eigenvalue weighted by Crippen LogP contribution is 2.24. The zero-order valence-corrected chi connectivity index (χ0v) is 22.4. The van der Waals surface area contributed by atoms with E-state index >= 15 is 0 Å². The highest BCUT2D eigenvalue weighted by molar-refractivity contribution is 14.0. The van der Waals surface area contributed by atoms with Crippen molar-refractivity contribution in [1.29, 1.82) is 0 Å². The van der Waals surface area contributed by atoms with Crippen molar-refractivity contribution in [2.45, 2.75) is 26.7 Å². The number of aliphatic imine (C=N–C) groups is 1. The van der Waals surface area contributed by atoms with Gasteiger partial charge in [0.2, 0.25) is 0 Å². The number of benzene rings is 1. The molecule has 8 heteroatoms. The lowest BCUT2D eigenvalue weighted by molar-refractivity contribution is -0.145. The Kier molecular flexibility index (Phi) is 11.0. The number of methoxy groups -OCH3 is 1. The molecule has 32 heavy (non-hydrogen) atoms. The molecule has 0 spiro atoms. The van der Waals surface area contributed by atoms with Crippen LogP contribution in [0.3, 0.4) is 0 Å². The lowest BCUT2D eigenvalue weighted by Gasteiger charge is -2.36. The summed E-state index contributed by atoms with van der Waals surface area (Å²) in [7, 11) is 3.28. The normalized spacial score (nSPS) is 21.9. The van der Waals surface area contributed by atoms with Crippen molar-refractivity contribution in [1.82, 2.24) is 15.1 Å². The molecule has 0 radical (unpaired) electrons. The zero-order chi connectivity index (χ0) is 22.2. The maximum atomic E-state index is 11.9. The van der Waals surface area contributed by atoms with E-state index < -0.39 is 0 Å². The minimum atomic E-state index is -0.118. The molecule has 2 saturated heterocycles. The van der Waals surface area contributed by atoms with Gasteiger partial charge in [-0.15, -0.1) is 24.0 Å². The third-order valence-electron chi connectivity index (χ3n) is 6.55. The number of ether oxygens (including phenoxy) is 1. The van der Waals surface area contributed by atoms with Crippen molar-refractivity contribution < 1.29 is 9.53 Å². The second-order valence-electron chi connectivity index (χ2n) is 8.86. The van der Waals surface area contributed by atoms with E-state index in [2.05, 4.69) is 63.1 Å². The number of hydrogen-bond donors (Lipinski definition) is 1. The van der Waals surface area contributed by atoms with Crippen molar-refractivity contribution in [2.75, 3.05) is 71.4 Å². The van der Waals surface area contributed by atoms with Crippen LogP contribution in [0, 0.1) is 18.8 Å². The van der Waals surface area contributed by atoms with Gasteiger partial charge < -0.3 is 19.9 Å². The Balaban J connectivity index is 0.00000363. The summed E-state index contributed by atoms with van der Waals surface area (Å²) in [6.07, 6.45) is 2.29. The molecule has 1 aromatic carbocycles. The van der Waals surface area contributed by atoms with Crippen LogP contribution in [0.1, 0.15) is 25.3 Å².